The van der Waals surface area contributed by atoms with E-state index in [-0.39, 0.29) is 24.0 Å². The van der Waals surface area contributed by atoms with E-state index in [1.165, 1.54) is 38.5 Å². The second-order valence-electron chi connectivity index (χ2n) is 9.93. The molecule has 4 fully saturated rings. The predicted molar refractivity (Wildman–Crippen MR) is 95.3 cm³/mol. The molecule has 0 saturated heterocycles. The maximum absolute atomic E-state index is 12.4. The fourth-order valence-electron chi connectivity index (χ4n) is 7.91. The Bertz CT molecular complexity index is 520. The zero-order valence-corrected chi connectivity index (χ0v) is 15.5. The van der Waals surface area contributed by atoms with Crippen LogP contribution in [0.4, 0.5) is 0 Å². The topological polar surface area (TPSA) is 63.3 Å². The van der Waals surface area contributed by atoms with Crippen LogP contribution in [0, 0.1) is 40.4 Å². The summed E-state index contributed by atoms with van der Waals surface area (Å²) in [6.45, 7) is 5.15. The minimum Gasteiger partial charge on any atom is -0.393 e. The molecule has 24 heavy (non-hydrogen) atoms. The molecule has 3 heteroatoms. The molecular weight excluding hydrogens is 298 g/mol. The van der Waals surface area contributed by atoms with Gasteiger partial charge in [-0.1, -0.05) is 13.8 Å². The molecule has 0 aromatic heterocycles. The monoisotopic (exact) mass is 333 g/mol. The van der Waals surface area contributed by atoms with Crippen molar-refractivity contribution in [2.75, 3.05) is 6.54 Å². The normalized spacial score (nSPS) is 53.8. The lowest BCUT2D eigenvalue weighted by molar-refractivity contribution is -0.138. The van der Waals surface area contributed by atoms with Crippen LogP contribution in [0.3, 0.4) is 0 Å². The van der Waals surface area contributed by atoms with E-state index in [9.17, 15) is 9.90 Å². The first-order valence-corrected chi connectivity index (χ1v) is 10.3. The molecule has 1 unspecified atom stereocenters. The van der Waals surface area contributed by atoms with Gasteiger partial charge in [-0.25, -0.2) is 0 Å². The van der Waals surface area contributed by atoms with Crippen molar-refractivity contribution < 1.29 is 9.90 Å². The summed E-state index contributed by atoms with van der Waals surface area (Å²) < 4.78 is 0. The Morgan fingerprint density at radius 3 is 2.46 bits per heavy atom. The molecule has 0 spiro atoms. The van der Waals surface area contributed by atoms with E-state index >= 15 is 0 Å². The van der Waals surface area contributed by atoms with E-state index < -0.39 is 0 Å². The minimum atomic E-state index is -0.0634. The molecule has 0 bridgehead atoms. The fourth-order valence-corrected chi connectivity index (χ4v) is 7.91. The fraction of sp³-hybridized carbons (Fsp3) is 0.952. The van der Waals surface area contributed by atoms with Crippen molar-refractivity contribution in [3.63, 3.8) is 0 Å². The van der Waals surface area contributed by atoms with Gasteiger partial charge in [-0.15, -0.1) is 0 Å². The second-order valence-corrected chi connectivity index (χ2v) is 9.93. The number of hydrogen-bond acceptors (Lipinski definition) is 3. The number of Topliss-reactive ketones (excluding diaryl/α,β-unsaturated/α-hetero) is 1. The Balaban J connectivity index is 1.60. The van der Waals surface area contributed by atoms with Gasteiger partial charge in [0.1, 0.15) is 5.78 Å². The average Bonchev–Trinajstić information content (AvgIpc) is 2.92. The summed E-state index contributed by atoms with van der Waals surface area (Å²) in [4.78, 5) is 12.4. The van der Waals surface area contributed by atoms with Crippen LogP contribution in [0.5, 0.6) is 0 Å². The molecule has 0 heterocycles. The van der Waals surface area contributed by atoms with Crippen LogP contribution in [0.2, 0.25) is 0 Å². The van der Waals surface area contributed by atoms with Crippen molar-refractivity contribution in [1.82, 2.24) is 0 Å². The highest BCUT2D eigenvalue weighted by Crippen LogP contribution is 2.67. The van der Waals surface area contributed by atoms with E-state index in [1.54, 1.807) is 0 Å². The predicted octanol–water partition coefficient (Wildman–Crippen LogP) is 3.53. The molecule has 4 aliphatic rings. The van der Waals surface area contributed by atoms with Gasteiger partial charge in [0.05, 0.1) is 12.6 Å². The van der Waals surface area contributed by atoms with Crippen molar-refractivity contribution in [2.45, 2.75) is 77.7 Å². The van der Waals surface area contributed by atoms with Crippen LogP contribution in [0.15, 0.2) is 0 Å². The van der Waals surface area contributed by atoms with Gasteiger partial charge in [0.2, 0.25) is 0 Å². The number of aliphatic hydroxyl groups is 1. The molecule has 4 aliphatic carbocycles. The van der Waals surface area contributed by atoms with Gasteiger partial charge in [0.15, 0.2) is 0 Å². The summed E-state index contributed by atoms with van der Waals surface area (Å²) in [5, 5.41) is 10.1. The number of aliphatic hydroxyl groups excluding tert-OH is 1. The molecular formula is C21H35NO2. The lowest BCUT2D eigenvalue weighted by Crippen LogP contribution is -2.54. The van der Waals surface area contributed by atoms with Crippen LogP contribution in [-0.4, -0.2) is 23.5 Å². The molecule has 3 N–H and O–H groups in total. The Kier molecular flexibility index (Phi) is 4.12. The van der Waals surface area contributed by atoms with E-state index in [0.717, 1.165) is 42.9 Å². The lowest BCUT2D eigenvalue weighted by atomic mass is 9.44. The number of rotatable bonds is 2. The highest BCUT2D eigenvalue weighted by atomic mass is 16.3. The van der Waals surface area contributed by atoms with Crippen molar-refractivity contribution in [2.24, 2.45) is 46.2 Å². The van der Waals surface area contributed by atoms with Gasteiger partial charge in [-0.05, 0) is 92.3 Å². The largest absolute Gasteiger partial charge is 0.393 e. The zero-order chi connectivity index (χ0) is 17.1. The highest BCUT2D eigenvalue weighted by molar-refractivity contribution is 5.84. The second kappa shape index (κ2) is 5.81. The molecule has 136 valence electrons. The van der Waals surface area contributed by atoms with E-state index in [2.05, 4.69) is 13.8 Å². The van der Waals surface area contributed by atoms with Crippen LogP contribution >= 0.6 is 0 Å². The number of hydrogen-bond donors (Lipinski definition) is 2. The number of fused-ring (bicyclic) bond motifs is 5. The molecule has 8 atom stereocenters. The Hall–Kier alpha value is -0.410. The molecule has 4 saturated carbocycles. The summed E-state index contributed by atoms with van der Waals surface area (Å²) in [5.41, 5.74) is 6.35. The molecule has 3 nitrogen and oxygen atoms in total. The third-order valence-corrected chi connectivity index (χ3v) is 9.23. The van der Waals surface area contributed by atoms with Crippen molar-refractivity contribution in [1.29, 1.82) is 0 Å². The molecule has 0 aliphatic heterocycles. The van der Waals surface area contributed by atoms with Gasteiger partial charge in [0.25, 0.3) is 0 Å². The Morgan fingerprint density at radius 2 is 1.71 bits per heavy atom. The lowest BCUT2D eigenvalue weighted by Gasteiger charge is -2.60. The quantitative estimate of drug-likeness (QED) is 0.812. The van der Waals surface area contributed by atoms with Gasteiger partial charge in [0, 0.05) is 5.92 Å². The van der Waals surface area contributed by atoms with Gasteiger partial charge < -0.3 is 10.8 Å². The molecule has 0 aromatic rings. The first-order valence-electron chi connectivity index (χ1n) is 10.3. The van der Waals surface area contributed by atoms with Crippen molar-refractivity contribution >= 4 is 5.78 Å². The van der Waals surface area contributed by atoms with Gasteiger partial charge in [-0.3, -0.25) is 4.79 Å². The van der Waals surface area contributed by atoms with Gasteiger partial charge in [-0.2, -0.15) is 0 Å². The summed E-state index contributed by atoms with van der Waals surface area (Å²) in [6, 6.07) is 0. The van der Waals surface area contributed by atoms with Crippen LogP contribution in [-0.2, 0) is 4.79 Å². The Morgan fingerprint density at radius 1 is 1.00 bits per heavy atom. The molecule has 0 radical (unpaired) electrons. The van der Waals surface area contributed by atoms with E-state index in [4.69, 9.17) is 5.73 Å². The zero-order valence-electron chi connectivity index (χ0n) is 15.5. The molecule has 0 amide bonds. The number of carbonyl (C=O) groups is 1. The third-order valence-electron chi connectivity index (χ3n) is 9.23. The number of ketones is 1. The summed E-state index contributed by atoms with van der Waals surface area (Å²) in [7, 11) is 0. The smallest absolute Gasteiger partial charge is 0.150 e. The van der Waals surface area contributed by atoms with Crippen molar-refractivity contribution in [3.8, 4) is 0 Å². The number of carbonyl (C=O) groups excluding carboxylic acids is 1. The van der Waals surface area contributed by atoms with E-state index in [1.807, 2.05) is 0 Å². The third kappa shape index (κ3) is 2.26. The highest BCUT2D eigenvalue weighted by Gasteiger charge is 2.60. The summed E-state index contributed by atoms with van der Waals surface area (Å²) >= 11 is 0. The van der Waals surface area contributed by atoms with Crippen LogP contribution in [0.1, 0.15) is 71.6 Å². The summed E-state index contributed by atoms with van der Waals surface area (Å²) in [5.74, 6) is 3.58. The standard InChI is InChI=1S/C21H35NO2/c1-20-9-7-14(23)11-13(20)3-4-15-16-5-6-18(19(24)12-22)21(16,2)10-8-17(15)20/h13-18,23H,3-12,22H2,1-2H3/t13?,14-,15-,16-,17-,18+,20-,21-/m0/s1. The maximum atomic E-state index is 12.4. The minimum absolute atomic E-state index is 0.0634. The Labute approximate surface area is 146 Å². The summed E-state index contributed by atoms with van der Waals surface area (Å²) in [6.07, 6.45) is 10.6. The number of nitrogens with two attached hydrogens (primary N) is 1. The van der Waals surface area contributed by atoms with Crippen LogP contribution < -0.4 is 5.73 Å². The molecule has 0 aromatic carbocycles. The first kappa shape index (κ1) is 17.0. The maximum Gasteiger partial charge on any atom is 0.150 e. The van der Waals surface area contributed by atoms with Crippen LogP contribution in [0.25, 0.3) is 0 Å². The SMILES string of the molecule is C[C@]12CC[C@H]3[C@@H](CCC4C[C@@H](O)CC[C@@]43C)[C@@H]1CC[C@@H]2C(=O)CN. The average molecular weight is 334 g/mol. The van der Waals surface area contributed by atoms with Crippen molar-refractivity contribution in [3.05, 3.63) is 0 Å². The first-order chi connectivity index (χ1) is 11.4. The van der Waals surface area contributed by atoms with E-state index in [0.29, 0.717) is 11.2 Å². The molecule has 4 rings (SSSR count). The van der Waals surface area contributed by atoms with Gasteiger partial charge >= 0.3 is 0 Å².